The van der Waals surface area contributed by atoms with Crippen LogP contribution >= 0.6 is 0 Å². The van der Waals surface area contributed by atoms with Crippen molar-refractivity contribution < 1.29 is 26.7 Å². The first-order valence-electron chi connectivity index (χ1n) is 1.90. The van der Waals surface area contributed by atoms with E-state index in [1.165, 1.54) is 6.92 Å². The molecule has 0 fully saturated rings. The molecule has 0 spiro atoms. The van der Waals surface area contributed by atoms with Crippen LogP contribution in [0.25, 0.3) is 0 Å². The molecule has 48 valence electrons. The fourth-order valence-electron chi connectivity index (χ4n) is 0.245. The molecular weight excluding hydrogens is 150 g/mol. The minimum absolute atomic E-state index is 0. The molecule has 3 nitrogen and oxygen atoms in total. The molecule has 2 N–H and O–H groups in total. The number of nitrogens with two attached hydrogens (primary N) is 1. The molecule has 0 unspecified atom stereocenters. The summed E-state index contributed by atoms with van der Waals surface area (Å²) in [5.74, 6) is -0.750. The summed E-state index contributed by atoms with van der Waals surface area (Å²) in [4.78, 5) is 19.8. The van der Waals surface area contributed by atoms with Crippen LogP contribution in [0.5, 0.6) is 0 Å². The van der Waals surface area contributed by atoms with Crippen LogP contribution < -0.4 is 5.73 Å². The summed E-state index contributed by atoms with van der Waals surface area (Å²) in [6, 6.07) is 0. The van der Waals surface area contributed by atoms with Crippen molar-refractivity contribution >= 4 is 11.7 Å². The third-order valence-corrected chi connectivity index (χ3v) is 0.423. The molecule has 0 aromatic carbocycles. The van der Waals surface area contributed by atoms with Gasteiger partial charge in [0.2, 0.25) is 5.91 Å². The smallest absolute Gasteiger partial charge is 0.224 e. The van der Waals surface area contributed by atoms with Crippen molar-refractivity contribution in [1.82, 2.24) is 0 Å². The molecule has 0 saturated heterocycles. The van der Waals surface area contributed by atoms with Crippen LogP contribution in [0.2, 0.25) is 0 Å². The summed E-state index contributed by atoms with van der Waals surface area (Å²) in [5.41, 5.74) is 4.63. The predicted molar refractivity (Wildman–Crippen MR) is 24.5 cm³/mol. The Kier molecular flexibility index (Phi) is 6.38. The fourth-order valence-corrected chi connectivity index (χ4v) is 0.245. The molecule has 0 aliphatic carbocycles. The fraction of sp³-hybridized carbons (Fsp3) is 0.500. The summed E-state index contributed by atoms with van der Waals surface area (Å²) in [7, 11) is 0. The predicted octanol–water partition coefficient (Wildman–Crippen LogP) is -0.552. The normalized spacial score (nSPS) is 7.12. The molecule has 0 atom stereocenters. The van der Waals surface area contributed by atoms with Crippen molar-refractivity contribution in [3.05, 3.63) is 0 Å². The van der Waals surface area contributed by atoms with Crippen molar-refractivity contribution in [3.8, 4) is 0 Å². The number of carbonyl (C=O) groups excluding carboxylic acids is 2. The van der Waals surface area contributed by atoms with Gasteiger partial charge >= 0.3 is 0 Å². The third kappa shape index (κ3) is 9.18. The molecule has 4 heteroatoms. The van der Waals surface area contributed by atoms with E-state index in [0.717, 1.165) is 0 Å². The van der Waals surface area contributed by atoms with Crippen molar-refractivity contribution in [3.63, 3.8) is 0 Å². The minimum Gasteiger partial charge on any atom is -0.369 e. The van der Waals surface area contributed by atoms with Gasteiger partial charge in [0.1, 0.15) is 5.78 Å². The average Bonchev–Trinajstić information content (AvgIpc) is 1.27. The zero-order valence-electron chi connectivity index (χ0n) is 4.45. The second-order valence-corrected chi connectivity index (χ2v) is 1.35. The van der Waals surface area contributed by atoms with E-state index >= 15 is 0 Å². The summed E-state index contributed by atoms with van der Waals surface area (Å²) in [5, 5.41) is 0. The van der Waals surface area contributed by atoms with Crippen LogP contribution in [0.4, 0.5) is 0 Å². The Hall–Kier alpha value is -0.341. The summed E-state index contributed by atoms with van der Waals surface area (Å²) in [6.45, 7) is 1.32. The average molecular weight is 157 g/mol. The van der Waals surface area contributed by atoms with Gasteiger partial charge in [-0.25, -0.2) is 0 Å². The van der Waals surface area contributed by atoms with Gasteiger partial charge in [-0.2, -0.15) is 0 Å². The van der Waals surface area contributed by atoms with E-state index in [4.69, 9.17) is 0 Å². The standard InChI is InChI=1S/C4H7NO2.Fe/c1-3(6)2-4(5)7;/h2H2,1H3,(H2,5,7);. The summed E-state index contributed by atoms with van der Waals surface area (Å²) in [6.07, 6.45) is -0.139. The number of hydrogen-bond donors (Lipinski definition) is 1. The summed E-state index contributed by atoms with van der Waals surface area (Å²) >= 11 is 0. The Bertz CT molecular complexity index is 90.2. The number of Topliss-reactive ketones (excluding diaryl/α,β-unsaturated/α-hetero) is 1. The minimum atomic E-state index is -0.562. The van der Waals surface area contributed by atoms with Crippen LogP contribution in [-0.4, -0.2) is 11.7 Å². The van der Waals surface area contributed by atoms with Crippen molar-refractivity contribution in [2.24, 2.45) is 5.73 Å². The number of amides is 1. The quantitative estimate of drug-likeness (QED) is 0.431. The van der Waals surface area contributed by atoms with Crippen LogP contribution in [0.3, 0.4) is 0 Å². The molecule has 8 heavy (non-hydrogen) atoms. The van der Waals surface area contributed by atoms with Crippen LogP contribution in [0.1, 0.15) is 13.3 Å². The van der Waals surface area contributed by atoms with Gasteiger partial charge in [-0.05, 0) is 6.92 Å². The molecule has 1 amide bonds. The second-order valence-electron chi connectivity index (χ2n) is 1.35. The Morgan fingerprint density at radius 3 is 1.88 bits per heavy atom. The molecule has 0 bridgehead atoms. The van der Waals surface area contributed by atoms with Crippen molar-refractivity contribution in [1.29, 1.82) is 0 Å². The Balaban J connectivity index is 0. The van der Waals surface area contributed by atoms with E-state index in [0.29, 0.717) is 0 Å². The monoisotopic (exact) mass is 157 g/mol. The molecule has 0 aliphatic rings. The van der Waals surface area contributed by atoms with Crippen LogP contribution in [0, 0.1) is 0 Å². The number of primary amides is 1. The van der Waals surface area contributed by atoms with Gasteiger partial charge in [-0.1, -0.05) is 0 Å². The maximum absolute atomic E-state index is 9.95. The number of rotatable bonds is 2. The van der Waals surface area contributed by atoms with Gasteiger partial charge in [-0.3, -0.25) is 9.59 Å². The van der Waals surface area contributed by atoms with Gasteiger partial charge in [-0.15, -0.1) is 0 Å². The van der Waals surface area contributed by atoms with E-state index in [1.54, 1.807) is 0 Å². The van der Waals surface area contributed by atoms with Gasteiger partial charge < -0.3 is 5.73 Å². The first-order valence-corrected chi connectivity index (χ1v) is 1.90. The van der Waals surface area contributed by atoms with Crippen LogP contribution in [0.15, 0.2) is 0 Å². The van der Waals surface area contributed by atoms with E-state index in [-0.39, 0.29) is 29.3 Å². The van der Waals surface area contributed by atoms with Crippen LogP contribution in [-0.2, 0) is 26.7 Å². The topological polar surface area (TPSA) is 60.2 Å². The third-order valence-electron chi connectivity index (χ3n) is 0.423. The Morgan fingerprint density at radius 1 is 1.50 bits per heavy atom. The van der Waals surface area contributed by atoms with Gasteiger partial charge in [0, 0.05) is 17.1 Å². The Labute approximate surface area is 58.1 Å². The van der Waals surface area contributed by atoms with Gasteiger partial charge in [0.15, 0.2) is 0 Å². The molecular formula is C4H7FeNO2. The van der Waals surface area contributed by atoms with Gasteiger partial charge in [0.05, 0.1) is 6.42 Å². The van der Waals surface area contributed by atoms with E-state index in [9.17, 15) is 9.59 Å². The SMILES string of the molecule is CC(=O)CC(N)=O.[Fe]. The molecule has 0 radical (unpaired) electrons. The van der Waals surface area contributed by atoms with E-state index in [2.05, 4.69) is 5.73 Å². The summed E-state index contributed by atoms with van der Waals surface area (Å²) < 4.78 is 0. The molecule has 0 aliphatic heterocycles. The van der Waals surface area contributed by atoms with Gasteiger partial charge in [0.25, 0.3) is 0 Å². The first-order chi connectivity index (χ1) is 3.13. The van der Waals surface area contributed by atoms with Crippen molar-refractivity contribution in [2.45, 2.75) is 13.3 Å². The molecule has 0 rings (SSSR count). The molecule has 0 heterocycles. The number of hydrogen-bond acceptors (Lipinski definition) is 2. The van der Waals surface area contributed by atoms with Crippen molar-refractivity contribution in [2.75, 3.05) is 0 Å². The molecule has 0 aromatic heterocycles. The largest absolute Gasteiger partial charge is 0.369 e. The van der Waals surface area contributed by atoms with E-state index < -0.39 is 5.91 Å². The maximum Gasteiger partial charge on any atom is 0.224 e. The first kappa shape index (κ1) is 10.6. The van der Waals surface area contributed by atoms with E-state index in [1.807, 2.05) is 0 Å². The molecule has 0 saturated carbocycles. The zero-order chi connectivity index (χ0) is 5.86. The number of ketones is 1. The Morgan fingerprint density at radius 2 is 1.88 bits per heavy atom. The number of carbonyl (C=O) groups is 2. The molecule has 0 aromatic rings. The zero-order valence-corrected chi connectivity index (χ0v) is 5.56. The maximum atomic E-state index is 9.95. The second kappa shape index (κ2) is 4.81.